The molecule has 0 rings (SSSR count). The van der Waals surface area contributed by atoms with Crippen molar-refractivity contribution >= 4 is 16.2 Å². The number of hydrogen-bond donors (Lipinski definition) is 3. The van der Waals surface area contributed by atoms with Gasteiger partial charge in [0.2, 0.25) is 0 Å². The third kappa shape index (κ3) is 5.99. The van der Waals surface area contributed by atoms with E-state index < -0.39 is 21.6 Å². The second-order valence-corrected chi connectivity index (χ2v) is 6.37. The average molecular weight is 266 g/mol. The van der Waals surface area contributed by atoms with Gasteiger partial charge in [-0.15, -0.1) is 0 Å². The van der Waals surface area contributed by atoms with Crippen LogP contribution >= 0.6 is 0 Å². The summed E-state index contributed by atoms with van der Waals surface area (Å²) in [4.78, 5) is 11.0. The Balaban J connectivity index is 4.40. The Hall–Kier alpha value is -0.660. The van der Waals surface area contributed by atoms with Gasteiger partial charge in [-0.1, -0.05) is 20.8 Å². The maximum absolute atomic E-state index is 11.5. The van der Waals surface area contributed by atoms with E-state index in [1.807, 2.05) is 13.8 Å². The fourth-order valence-electron chi connectivity index (χ4n) is 0.934. The lowest BCUT2D eigenvalue weighted by Crippen LogP contribution is -2.45. The summed E-state index contributed by atoms with van der Waals surface area (Å²) in [5, 5.41) is 8.99. The van der Waals surface area contributed by atoms with E-state index in [9.17, 15) is 13.2 Å². The van der Waals surface area contributed by atoms with Gasteiger partial charge in [-0.2, -0.15) is 8.42 Å². The molecule has 0 aliphatic heterocycles. The average Bonchev–Trinajstić information content (AvgIpc) is 2.23. The van der Waals surface area contributed by atoms with Gasteiger partial charge in [-0.25, -0.2) is 9.44 Å². The molecule has 0 heterocycles. The van der Waals surface area contributed by atoms with Gasteiger partial charge in [0.1, 0.15) is 0 Å². The molecule has 0 spiro atoms. The first-order valence-electron chi connectivity index (χ1n) is 5.60. The third-order valence-corrected chi connectivity index (χ3v) is 3.70. The summed E-state index contributed by atoms with van der Waals surface area (Å²) < 4.78 is 27.6. The summed E-state index contributed by atoms with van der Waals surface area (Å²) in [6, 6.07) is 0. The largest absolute Gasteiger partial charge is 0.481 e. The number of aliphatic carboxylic acids is 1. The van der Waals surface area contributed by atoms with Crippen LogP contribution in [-0.2, 0) is 15.0 Å². The Kier molecular flexibility index (Phi) is 6.08. The zero-order chi connectivity index (χ0) is 13.7. The maximum atomic E-state index is 11.5. The van der Waals surface area contributed by atoms with Gasteiger partial charge >= 0.3 is 5.97 Å². The van der Waals surface area contributed by atoms with Crippen molar-refractivity contribution in [1.29, 1.82) is 0 Å². The number of carbonyl (C=O) groups is 1. The van der Waals surface area contributed by atoms with Gasteiger partial charge < -0.3 is 5.11 Å². The summed E-state index contributed by atoms with van der Waals surface area (Å²) in [6.45, 7) is 7.20. The Labute approximate surface area is 103 Å². The molecule has 17 heavy (non-hydrogen) atoms. The molecule has 0 saturated heterocycles. The molecule has 1 unspecified atom stereocenters. The lowest BCUT2D eigenvalue weighted by molar-refractivity contribution is -0.147. The van der Waals surface area contributed by atoms with E-state index >= 15 is 0 Å². The van der Waals surface area contributed by atoms with Crippen molar-refractivity contribution in [3.05, 3.63) is 0 Å². The minimum absolute atomic E-state index is 0.119. The Morgan fingerprint density at radius 1 is 1.35 bits per heavy atom. The SMILES string of the molecule is CCC(C)(CNS(=O)(=O)NCC(C)C)C(=O)O. The number of hydrogen-bond acceptors (Lipinski definition) is 3. The molecule has 0 saturated carbocycles. The molecular weight excluding hydrogens is 244 g/mol. The second-order valence-electron chi connectivity index (χ2n) is 4.79. The highest BCUT2D eigenvalue weighted by Gasteiger charge is 2.32. The molecule has 0 bridgehead atoms. The van der Waals surface area contributed by atoms with E-state index in [0.29, 0.717) is 13.0 Å². The summed E-state index contributed by atoms with van der Waals surface area (Å²) in [6.07, 6.45) is 0.356. The summed E-state index contributed by atoms with van der Waals surface area (Å²) in [5.41, 5.74) is -1.08. The van der Waals surface area contributed by atoms with Crippen molar-refractivity contribution in [3.63, 3.8) is 0 Å². The summed E-state index contributed by atoms with van der Waals surface area (Å²) in [5.74, 6) is -0.810. The second kappa shape index (κ2) is 6.32. The number of carboxylic acid groups (broad SMARTS) is 1. The van der Waals surface area contributed by atoms with Crippen molar-refractivity contribution in [2.24, 2.45) is 11.3 Å². The van der Waals surface area contributed by atoms with Crippen LogP contribution in [0.5, 0.6) is 0 Å². The van der Waals surface area contributed by atoms with Crippen LogP contribution in [0, 0.1) is 11.3 Å². The molecule has 0 amide bonds. The van der Waals surface area contributed by atoms with Crippen molar-refractivity contribution < 1.29 is 18.3 Å². The minimum atomic E-state index is -3.62. The van der Waals surface area contributed by atoms with E-state index in [1.54, 1.807) is 6.92 Å². The lowest BCUT2D eigenvalue weighted by Gasteiger charge is -2.23. The molecule has 3 N–H and O–H groups in total. The molecule has 0 aliphatic rings. The fourth-order valence-corrected chi connectivity index (χ4v) is 2.10. The van der Waals surface area contributed by atoms with Gasteiger partial charge in [0.05, 0.1) is 5.41 Å². The predicted octanol–water partition coefficient (Wildman–Crippen LogP) is 0.567. The van der Waals surface area contributed by atoms with E-state index in [2.05, 4.69) is 9.44 Å². The van der Waals surface area contributed by atoms with E-state index in [-0.39, 0.29) is 12.5 Å². The molecule has 6 nitrogen and oxygen atoms in total. The Bertz CT molecular complexity index is 353. The first-order valence-corrected chi connectivity index (χ1v) is 7.09. The highest BCUT2D eigenvalue weighted by Crippen LogP contribution is 2.20. The molecule has 7 heteroatoms. The molecule has 0 aromatic heterocycles. The molecular formula is C10H22N2O4S. The topological polar surface area (TPSA) is 95.5 Å². The van der Waals surface area contributed by atoms with Crippen LogP contribution in [0.1, 0.15) is 34.1 Å². The van der Waals surface area contributed by atoms with Crippen molar-refractivity contribution in [1.82, 2.24) is 9.44 Å². The highest BCUT2D eigenvalue weighted by atomic mass is 32.2. The monoisotopic (exact) mass is 266 g/mol. The van der Waals surface area contributed by atoms with Crippen LogP contribution in [0.15, 0.2) is 0 Å². The van der Waals surface area contributed by atoms with Crippen LogP contribution in [0.4, 0.5) is 0 Å². The Morgan fingerprint density at radius 3 is 2.24 bits per heavy atom. The zero-order valence-corrected chi connectivity index (χ0v) is 11.6. The normalized spacial score (nSPS) is 15.8. The standard InChI is InChI=1S/C10H22N2O4S/c1-5-10(4,9(13)14)7-12-17(15,16)11-6-8(2)3/h8,11-12H,5-7H2,1-4H3,(H,13,14). The van der Waals surface area contributed by atoms with Gasteiger partial charge in [-0.05, 0) is 19.3 Å². The maximum Gasteiger partial charge on any atom is 0.310 e. The Morgan fingerprint density at radius 2 is 1.88 bits per heavy atom. The van der Waals surface area contributed by atoms with Gasteiger partial charge in [0.25, 0.3) is 10.2 Å². The van der Waals surface area contributed by atoms with Crippen LogP contribution in [-0.4, -0.2) is 32.6 Å². The molecule has 0 aliphatic carbocycles. The molecule has 0 aromatic rings. The molecule has 102 valence electrons. The molecule has 0 aromatic carbocycles. The van der Waals surface area contributed by atoms with Gasteiger partial charge in [0, 0.05) is 13.1 Å². The smallest absolute Gasteiger partial charge is 0.310 e. The van der Waals surface area contributed by atoms with Crippen LogP contribution in [0.25, 0.3) is 0 Å². The van der Waals surface area contributed by atoms with Crippen LogP contribution < -0.4 is 9.44 Å². The van der Waals surface area contributed by atoms with Crippen molar-refractivity contribution in [3.8, 4) is 0 Å². The highest BCUT2D eigenvalue weighted by molar-refractivity contribution is 7.87. The lowest BCUT2D eigenvalue weighted by atomic mass is 9.88. The third-order valence-electron chi connectivity index (χ3n) is 2.63. The van der Waals surface area contributed by atoms with Crippen molar-refractivity contribution in [2.75, 3.05) is 13.1 Å². The summed E-state index contributed by atoms with van der Waals surface area (Å²) >= 11 is 0. The first-order chi connectivity index (χ1) is 7.63. The van der Waals surface area contributed by atoms with Crippen LogP contribution in [0.3, 0.4) is 0 Å². The van der Waals surface area contributed by atoms with Crippen molar-refractivity contribution in [2.45, 2.75) is 34.1 Å². The van der Waals surface area contributed by atoms with Gasteiger partial charge in [0.15, 0.2) is 0 Å². The molecule has 0 fully saturated rings. The molecule has 0 radical (unpaired) electrons. The zero-order valence-electron chi connectivity index (χ0n) is 10.8. The minimum Gasteiger partial charge on any atom is -0.481 e. The molecule has 1 atom stereocenters. The van der Waals surface area contributed by atoms with Gasteiger partial charge in [-0.3, -0.25) is 4.79 Å². The quantitative estimate of drug-likeness (QED) is 0.598. The first kappa shape index (κ1) is 16.3. The predicted molar refractivity (Wildman–Crippen MR) is 65.8 cm³/mol. The van der Waals surface area contributed by atoms with E-state index in [4.69, 9.17) is 5.11 Å². The summed E-state index contributed by atoms with van der Waals surface area (Å²) in [7, 11) is -3.62. The van der Waals surface area contributed by atoms with Crippen LogP contribution in [0.2, 0.25) is 0 Å². The fraction of sp³-hybridized carbons (Fsp3) is 0.900. The number of rotatable bonds is 8. The number of carboxylic acids is 1. The van der Waals surface area contributed by atoms with E-state index in [0.717, 1.165) is 0 Å². The number of nitrogens with one attached hydrogen (secondary N) is 2. The van der Waals surface area contributed by atoms with E-state index in [1.165, 1.54) is 6.92 Å².